The summed E-state index contributed by atoms with van der Waals surface area (Å²) in [6.07, 6.45) is 0.369. The van der Waals surface area contributed by atoms with Gasteiger partial charge in [0, 0.05) is 0 Å². The van der Waals surface area contributed by atoms with Crippen molar-refractivity contribution in [1.82, 2.24) is 15.0 Å². The average Bonchev–Trinajstić information content (AvgIpc) is 2.79. The normalized spacial score (nSPS) is 35.3. The van der Waals surface area contributed by atoms with Gasteiger partial charge in [0.15, 0.2) is 0 Å². The molecule has 5 atom stereocenters. The Kier molecular flexibility index (Phi) is 4.90. The summed E-state index contributed by atoms with van der Waals surface area (Å²) in [5, 5.41) is 37.5. The summed E-state index contributed by atoms with van der Waals surface area (Å²) in [5.41, 5.74) is 0. The molecule has 1 aliphatic heterocycles. The van der Waals surface area contributed by atoms with E-state index in [4.69, 9.17) is 4.74 Å². The largest absolute Gasteiger partial charge is 0.394 e. The molecule has 8 heteroatoms. The number of ether oxygens (including phenoxy) is 1. The van der Waals surface area contributed by atoms with E-state index in [0.717, 1.165) is 0 Å². The molecule has 106 valence electrons. The van der Waals surface area contributed by atoms with Crippen LogP contribution in [0.5, 0.6) is 0 Å². The number of aliphatic hydroxyl groups is 3. The fraction of sp³-hybridized carbons (Fsp3) is 0.636. The van der Waals surface area contributed by atoms with Crippen LogP contribution in [0.2, 0.25) is 0 Å². The Bertz CT molecular complexity index is 441. The zero-order valence-electron chi connectivity index (χ0n) is 10.1. The maximum absolute atomic E-state index is 10.3. The monoisotopic (exact) mass is 381 g/mol. The molecule has 0 radical (unpaired) electrons. The number of rotatable bonds is 4. The van der Waals surface area contributed by atoms with E-state index in [1.165, 1.54) is 4.68 Å². The topological polar surface area (TPSA) is 101 Å². The van der Waals surface area contributed by atoms with Crippen LogP contribution in [0.15, 0.2) is 18.9 Å². The summed E-state index contributed by atoms with van der Waals surface area (Å²) in [5.74, 6) is 0. The van der Waals surface area contributed by atoms with Gasteiger partial charge in [0.25, 0.3) is 0 Å². The summed E-state index contributed by atoms with van der Waals surface area (Å²) < 4.78 is 7.55. The fourth-order valence-corrected chi connectivity index (χ4v) is 2.63. The zero-order chi connectivity index (χ0) is 14.0. The quantitative estimate of drug-likeness (QED) is 0.480. The molecule has 0 aliphatic carbocycles. The van der Waals surface area contributed by atoms with E-state index in [9.17, 15) is 15.3 Å². The third-order valence-electron chi connectivity index (χ3n) is 3.18. The first kappa shape index (κ1) is 14.9. The van der Waals surface area contributed by atoms with Crippen molar-refractivity contribution in [2.45, 2.75) is 36.9 Å². The van der Waals surface area contributed by atoms with Crippen molar-refractivity contribution >= 4 is 22.6 Å². The van der Waals surface area contributed by atoms with E-state index in [1.807, 2.05) is 22.6 Å². The third kappa shape index (κ3) is 2.97. The molecule has 3 N–H and O–H groups in total. The SMILES string of the molecule is C=CC[C@H]1O[C@H](CO)[C@H](O)[C@H](n2cc(I)nn2)[C@H]1O. The molecule has 1 aliphatic rings. The van der Waals surface area contributed by atoms with Gasteiger partial charge in [0.05, 0.1) is 18.9 Å². The second kappa shape index (κ2) is 6.27. The molecule has 0 unspecified atom stereocenters. The zero-order valence-corrected chi connectivity index (χ0v) is 12.3. The Labute approximate surface area is 124 Å². The van der Waals surface area contributed by atoms with E-state index in [1.54, 1.807) is 12.3 Å². The molecule has 2 heterocycles. The Hall–Kier alpha value is -0.550. The summed E-state index contributed by atoms with van der Waals surface area (Å²) in [4.78, 5) is 0. The molecule has 2 rings (SSSR count). The standard InChI is InChI=1S/C11H16IN3O4/c1-2-3-6-10(17)9(11(18)7(5-16)19-6)15-4-8(12)13-14-15/h2,4,6-7,9-11,16-18H,1,3,5H2/t6-,7-,9-,10+,11+/m1/s1. The maximum Gasteiger partial charge on any atom is 0.143 e. The van der Waals surface area contributed by atoms with Crippen LogP contribution < -0.4 is 0 Å². The minimum Gasteiger partial charge on any atom is -0.394 e. The van der Waals surface area contributed by atoms with Crippen LogP contribution in [0.1, 0.15) is 12.5 Å². The summed E-state index contributed by atoms with van der Waals surface area (Å²) in [6.45, 7) is 3.28. The number of halogens is 1. The Morgan fingerprint density at radius 2 is 2.11 bits per heavy atom. The minimum absolute atomic E-state index is 0.330. The second-order valence-corrected chi connectivity index (χ2v) is 5.52. The number of nitrogens with zero attached hydrogens (tertiary/aromatic N) is 3. The van der Waals surface area contributed by atoms with Crippen molar-refractivity contribution in [3.63, 3.8) is 0 Å². The van der Waals surface area contributed by atoms with E-state index in [2.05, 4.69) is 16.9 Å². The van der Waals surface area contributed by atoms with Crippen LogP contribution >= 0.6 is 22.6 Å². The third-order valence-corrected chi connectivity index (χ3v) is 3.67. The first-order valence-corrected chi connectivity index (χ1v) is 6.97. The lowest BCUT2D eigenvalue weighted by molar-refractivity contribution is -0.204. The highest BCUT2D eigenvalue weighted by Crippen LogP contribution is 2.31. The molecule has 0 bridgehead atoms. The molecule has 0 saturated carbocycles. The minimum atomic E-state index is -1.06. The van der Waals surface area contributed by atoms with E-state index in [-0.39, 0.29) is 6.61 Å². The summed E-state index contributed by atoms with van der Waals surface area (Å²) in [7, 11) is 0. The first-order chi connectivity index (χ1) is 9.08. The molecule has 1 aromatic heterocycles. The Balaban J connectivity index is 2.28. The molecular formula is C11H16IN3O4. The maximum atomic E-state index is 10.3. The molecule has 19 heavy (non-hydrogen) atoms. The summed E-state index contributed by atoms with van der Waals surface area (Å²) in [6, 6.07) is -0.702. The molecule has 7 nitrogen and oxygen atoms in total. The number of aliphatic hydroxyl groups excluding tert-OH is 3. The van der Waals surface area contributed by atoms with E-state index >= 15 is 0 Å². The molecule has 1 aromatic rings. The molecule has 0 aromatic carbocycles. The van der Waals surface area contributed by atoms with Gasteiger partial charge in [0.1, 0.15) is 28.1 Å². The lowest BCUT2D eigenvalue weighted by Gasteiger charge is -2.41. The molecule has 0 amide bonds. The highest BCUT2D eigenvalue weighted by atomic mass is 127. The van der Waals surface area contributed by atoms with Crippen molar-refractivity contribution in [3.05, 3.63) is 22.6 Å². The van der Waals surface area contributed by atoms with Crippen molar-refractivity contribution in [1.29, 1.82) is 0 Å². The van der Waals surface area contributed by atoms with Crippen LogP contribution in [0, 0.1) is 3.70 Å². The number of hydrogen-bond acceptors (Lipinski definition) is 6. The number of hydrogen-bond donors (Lipinski definition) is 3. The van der Waals surface area contributed by atoms with Crippen molar-refractivity contribution in [2.75, 3.05) is 6.61 Å². The van der Waals surface area contributed by atoms with Gasteiger partial charge in [-0.25, -0.2) is 4.68 Å². The van der Waals surface area contributed by atoms with Crippen LogP contribution in [0.25, 0.3) is 0 Å². The van der Waals surface area contributed by atoms with Crippen LogP contribution in [0.4, 0.5) is 0 Å². The average molecular weight is 381 g/mol. The lowest BCUT2D eigenvalue weighted by atomic mass is 9.91. The van der Waals surface area contributed by atoms with E-state index in [0.29, 0.717) is 10.1 Å². The first-order valence-electron chi connectivity index (χ1n) is 5.89. The molecular weight excluding hydrogens is 365 g/mol. The predicted molar refractivity (Wildman–Crippen MR) is 74.4 cm³/mol. The van der Waals surface area contributed by atoms with Crippen LogP contribution in [0.3, 0.4) is 0 Å². The summed E-state index contributed by atoms with van der Waals surface area (Å²) >= 11 is 1.99. The highest BCUT2D eigenvalue weighted by molar-refractivity contribution is 14.1. The van der Waals surface area contributed by atoms with Gasteiger partial charge in [-0.1, -0.05) is 11.3 Å². The van der Waals surface area contributed by atoms with Crippen molar-refractivity contribution in [3.8, 4) is 0 Å². The Morgan fingerprint density at radius 1 is 1.42 bits per heavy atom. The predicted octanol–water partition coefficient (Wildman–Crippen LogP) is -0.519. The molecule has 0 spiro atoms. The van der Waals surface area contributed by atoms with Gasteiger partial charge >= 0.3 is 0 Å². The smallest absolute Gasteiger partial charge is 0.143 e. The Morgan fingerprint density at radius 3 is 2.63 bits per heavy atom. The van der Waals surface area contributed by atoms with Gasteiger partial charge in [-0.3, -0.25) is 0 Å². The molecule has 1 fully saturated rings. The van der Waals surface area contributed by atoms with E-state index < -0.39 is 30.5 Å². The molecule has 1 saturated heterocycles. The van der Waals surface area contributed by atoms with Gasteiger partial charge in [-0.05, 0) is 29.0 Å². The van der Waals surface area contributed by atoms with Crippen LogP contribution in [-0.2, 0) is 4.74 Å². The lowest BCUT2D eigenvalue weighted by Crippen LogP contribution is -2.55. The number of aromatic nitrogens is 3. The van der Waals surface area contributed by atoms with Gasteiger partial charge in [-0.15, -0.1) is 11.7 Å². The van der Waals surface area contributed by atoms with Gasteiger partial charge in [-0.2, -0.15) is 0 Å². The highest BCUT2D eigenvalue weighted by Gasteiger charge is 2.45. The van der Waals surface area contributed by atoms with Gasteiger partial charge in [0.2, 0.25) is 0 Å². The fourth-order valence-electron chi connectivity index (χ4n) is 2.25. The van der Waals surface area contributed by atoms with Crippen molar-refractivity contribution in [2.24, 2.45) is 0 Å². The van der Waals surface area contributed by atoms with Crippen molar-refractivity contribution < 1.29 is 20.1 Å². The second-order valence-electron chi connectivity index (χ2n) is 4.41. The van der Waals surface area contributed by atoms with Crippen LogP contribution in [-0.4, -0.2) is 61.3 Å². The van der Waals surface area contributed by atoms with Gasteiger partial charge < -0.3 is 20.1 Å².